The summed E-state index contributed by atoms with van der Waals surface area (Å²) in [6.07, 6.45) is 4.85. The fourth-order valence-electron chi connectivity index (χ4n) is 3.88. The van der Waals surface area contributed by atoms with Crippen LogP contribution in [-0.2, 0) is 0 Å². The second kappa shape index (κ2) is 8.50. The normalized spacial score (nSPS) is 16.3. The quantitative estimate of drug-likeness (QED) is 0.391. The van der Waals surface area contributed by atoms with Crippen LogP contribution in [0.5, 0.6) is 5.75 Å². The van der Waals surface area contributed by atoms with E-state index < -0.39 is 11.9 Å². The molecule has 4 aromatic rings. The number of nitrogens with one attached hydrogen (secondary N) is 1. The molecule has 1 unspecified atom stereocenters. The highest BCUT2D eigenvalue weighted by Crippen LogP contribution is 2.36. The predicted octanol–water partition coefficient (Wildman–Crippen LogP) is 5.71. The van der Waals surface area contributed by atoms with Crippen molar-refractivity contribution in [2.75, 3.05) is 11.4 Å². The van der Waals surface area contributed by atoms with Gasteiger partial charge in [-0.2, -0.15) is 10.4 Å². The fraction of sp³-hybridized carbons (Fsp3) is 0.217. The summed E-state index contributed by atoms with van der Waals surface area (Å²) >= 11 is 12.4. The van der Waals surface area contributed by atoms with Gasteiger partial charge in [0.1, 0.15) is 23.7 Å². The van der Waals surface area contributed by atoms with Gasteiger partial charge >= 0.3 is 0 Å². The molecule has 1 fully saturated rings. The number of halogens is 3. The number of rotatable bonds is 5. The number of ether oxygens (including phenoxy) is 1. The van der Waals surface area contributed by atoms with Gasteiger partial charge in [0.05, 0.1) is 21.6 Å². The zero-order valence-corrected chi connectivity index (χ0v) is 18.9. The predicted molar refractivity (Wildman–Crippen MR) is 124 cm³/mol. The molecule has 1 aliphatic heterocycles. The molecule has 1 aliphatic rings. The molecule has 0 bridgehead atoms. The van der Waals surface area contributed by atoms with E-state index in [0.29, 0.717) is 32.2 Å². The highest BCUT2D eigenvalue weighted by molar-refractivity contribution is 6.35. The minimum atomic E-state index is -0.610. The molecule has 5 rings (SSSR count). The molecule has 0 spiro atoms. The van der Waals surface area contributed by atoms with Crippen molar-refractivity contribution in [3.63, 3.8) is 0 Å². The number of fused-ring (bicyclic) bond motifs is 1. The van der Waals surface area contributed by atoms with Crippen LogP contribution in [0, 0.1) is 17.1 Å². The highest BCUT2D eigenvalue weighted by atomic mass is 35.5. The Hall–Kier alpha value is -3.41. The average Bonchev–Trinajstić information content (AvgIpc) is 3.16. The number of aromatic amines is 1. The van der Waals surface area contributed by atoms with Crippen molar-refractivity contribution in [3.05, 3.63) is 64.3 Å². The van der Waals surface area contributed by atoms with Crippen LogP contribution in [0.4, 0.5) is 10.2 Å². The molecule has 0 amide bonds. The van der Waals surface area contributed by atoms with Crippen molar-refractivity contribution in [1.82, 2.24) is 20.2 Å². The summed E-state index contributed by atoms with van der Waals surface area (Å²) in [6.45, 7) is 2.54. The Morgan fingerprint density at radius 2 is 2.03 bits per heavy atom. The molecule has 166 valence electrons. The number of H-pyrrole nitrogens is 1. The maximum Gasteiger partial charge on any atom is 0.167 e. The van der Waals surface area contributed by atoms with Gasteiger partial charge < -0.3 is 9.64 Å². The molecular formula is C23H17Cl2FN6O. The summed E-state index contributed by atoms with van der Waals surface area (Å²) in [4.78, 5) is 10.4. The Balaban J connectivity index is 1.46. The smallest absolute Gasteiger partial charge is 0.167 e. The van der Waals surface area contributed by atoms with Crippen LogP contribution in [0.15, 0.2) is 42.9 Å². The lowest BCUT2D eigenvalue weighted by Crippen LogP contribution is -2.47. The van der Waals surface area contributed by atoms with Gasteiger partial charge in [-0.15, -0.1) is 0 Å². The number of nitriles is 1. The third-order valence-corrected chi connectivity index (χ3v) is 6.30. The topological polar surface area (TPSA) is 90.7 Å². The summed E-state index contributed by atoms with van der Waals surface area (Å²) < 4.78 is 20.7. The van der Waals surface area contributed by atoms with E-state index in [9.17, 15) is 4.39 Å². The molecule has 3 aromatic heterocycles. The average molecular weight is 483 g/mol. The summed E-state index contributed by atoms with van der Waals surface area (Å²) in [7, 11) is 0. The lowest BCUT2D eigenvalue weighted by molar-refractivity contribution is 0.217. The van der Waals surface area contributed by atoms with E-state index in [1.165, 1.54) is 18.5 Å². The van der Waals surface area contributed by atoms with Crippen LogP contribution in [0.25, 0.3) is 22.2 Å². The van der Waals surface area contributed by atoms with Crippen LogP contribution in [0.3, 0.4) is 0 Å². The standard InChI is InChI=1S/C23H17Cl2FN6O/c1-12(22-16(24)10-28-11-17(22)25)33-20-6-15-19(7-18(20)26)30-31-23(15)13-2-3-21(29-9-13)32-5-4-14(32)8-27/h2-3,6-7,9-12,14H,4-5H2,1H3,(H,30,31)/t12-,14?/m1/s1. The minimum Gasteiger partial charge on any atom is -0.483 e. The fourth-order valence-corrected chi connectivity index (χ4v) is 4.55. The van der Waals surface area contributed by atoms with Gasteiger partial charge in [0.2, 0.25) is 0 Å². The molecule has 0 saturated carbocycles. The molecule has 33 heavy (non-hydrogen) atoms. The Morgan fingerprint density at radius 1 is 1.24 bits per heavy atom. The molecule has 0 radical (unpaired) electrons. The van der Waals surface area contributed by atoms with Gasteiger partial charge in [0.25, 0.3) is 0 Å². The molecule has 10 heteroatoms. The summed E-state index contributed by atoms with van der Waals surface area (Å²) in [6, 6.07) is 8.80. The summed E-state index contributed by atoms with van der Waals surface area (Å²) in [5, 5.41) is 17.7. The Kier molecular flexibility index (Phi) is 5.52. The lowest BCUT2D eigenvalue weighted by atomic mass is 10.0. The third kappa shape index (κ3) is 3.84. The molecule has 2 atom stereocenters. The first-order valence-corrected chi connectivity index (χ1v) is 11.0. The minimum absolute atomic E-state index is 0.0450. The number of aromatic nitrogens is 4. The van der Waals surface area contributed by atoms with Crippen molar-refractivity contribution in [3.8, 4) is 23.1 Å². The van der Waals surface area contributed by atoms with Crippen molar-refractivity contribution in [2.24, 2.45) is 0 Å². The Bertz CT molecular complexity index is 1360. The van der Waals surface area contributed by atoms with Gasteiger partial charge in [-0.25, -0.2) is 9.37 Å². The number of hydrogen-bond acceptors (Lipinski definition) is 6. The van der Waals surface area contributed by atoms with E-state index in [1.807, 2.05) is 17.0 Å². The number of nitrogens with zero attached hydrogens (tertiary/aromatic N) is 5. The van der Waals surface area contributed by atoms with Gasteiger partial charge in [0.15, 0.2) is 11.6 Å². The molecule has 1 N–H and O–H groups in total. The van der Waals surface area contributed by atoms with Crippen LogP contribution < -0.4 is 9.64 Å². The largest absolute Gasteiger partial charge is 0.483 e. The second-order valence-corrected chi connectivity index (χ2v) is 8.52. The van der Waals surface area contributed by atoms with Crippen molar-refractivity contribution < 1.29 is 9.13 Å². The van der Waals surface area contributed by atoms with E-state index in [-0.39, 0.29) is 11.8 Å². The van der Waals surface area contributed by atoms with Crippen LogP contribution in [0.1, 0.15) is 25.0 Å². The Labute approximate surface area is 198 Å². The lowest BCUT2D eigenvalue weighted by Gasteiger charge is -2.37. The molecule has 1 aromatic carbocycles. The third-order valence-electron chi connectivity index (χ3n) is 5.70. The zero-order valence-electron chi connectivity index (χ0n) is 17.4. The number of anilines is 1. The summed E-state index contributed by atoms with van der Waals surface area (Å²) in [5.41, 5.74) is 2.42. The first kappa shape index (κ1) is 21.4. The highest BCUT2D eigenvalue weighted by Gasteiger charge is 2.28. The first-order chi connectivity index (χ1) is 16.0. The maximum atomic E-state index is 14.8. The van der Waals surface area contributed by atoms with Crippen LogP contribution >= 0.6 is 23.2 Å². The number of pyridine rings is 2. The SMILES string of the molecule is C[C@@H](Oc1cc2c(-c3ccc(N4CCC4C#N)nc3)n[nH]c2cc1F)c1c(Cl)cncc1Cl. The van der Waals surface area contributed by atoms with Crippen LogP contribution in [0.2, 0.25) is 10.0 Å². The molecule has 0 aliphatic carbocycles. The van der Waals surface area contributed by atoms with E-state index >= 15 is 0 Å². The molecule has 1 saturated heterocycles. The molecule has 7 nitrogen and oxygen atoms in total. The van der Waals surface area contributed by atoms with Crippen LogP contribution in [-0.4, -0.2) is 32.8 Å². The molecular weight excluding hydrogens is 466 g/mol. The van der Waals surface area contributed by atoms with Crippen molar-refractivity contribution in [2.45, 2.75) is 25.5 Å². The van der Waals surface area contributed by atoms with E-state index in [1.54, 1.807) is 19.2 Å². The van der Waals surface area contributed by atoms with Crippen molar-refractivity contribution >= 4 is 39.9 Å². The monoisotopic (exact) mass is 482 g/mol. The second-order valence-electron chi connectivity index (χ2n) is 7.71. The number of benzene rings is 1. The van der Waals surface area contributed by atoms with Gasteiger partial charge in [-0.1, -0.05) is 23.2 Å². The van der Waals surface area contributed by atoms with Crippen molar-refractivity contribution in [1.29, 1.82) is 5.26 Å². The molecule has 4 heterocycles. The Morgan fingerprint density at radius 3 is 2.67 bits per heavy atom. The number of hydrogen-bond donors (Lipinski definition) is 1. The van der Waals surface area contributed by atoms with Gasteiger partial charge in [0, 0.05) is 47.7 Å². The van der Waals surface area contributed by atoms with E-state index in [2.05, 4.69) is 26.2 Å². The van der Waals surface area contributed by atoms with Gasteiger partial charge in [-0.05, 0) is 31.5 Å². The maximum absolute atomic E-state index is 14.8. The first-order valence-electron chi connectivity index (χ1n) is 10.2. The van der Waals surface area contributed by atoms with Gasteiger partial charge in [-0.3, -0.25) is 10.1 Å². The van der Waals surface area contributed by atoms with E-state index in [4.69, 9.17) is 33.2 Å². The summed E-state index contributed by atoms with van der Waals surface area (Å²) in [5.74, 6) is 0.245. The van der Waals surface area contributed by atoms with E-state index in [0.717, 1.165) is 24.3 Å². The zero-order chi connectivity index (χ0) is 23.1.